The molecule has 0 aromatic heterocycles. The molecule has 124 valence electrons. The molecule has 2 rings (SSSR count). The average Bonchev–Trinajstić information content (AvgIpc) is 2.36. The second-order valence-electron chi connectivity index (χ2n) is 6.23. The quantitative estimate of drug-likeness (QED) is 0.440. The van der Waals surface area contributed by atoms with Crippen LogP contribution in [-0.2, 0) is 7.31 Å². The van der Waals surface area contributed by atoms with Gasteiger partial charge in [-0.1, -0.05) is 20.8 Å². The van der Waals surface area contributed by atoms with Crippen LogP contribution in [0.15, 0.2) is 0 Å². The summed E-state index contributed by atoms with van der Waals surface area (Å²) >= 11 is 0. The van der Waals surface area contributed by atoms with Crippen LogP contribution in [0.5, 0.6) is 0 Å². The summed E-state index contributed by atoms with van der Waals surface area (Å²) in [4.78, 5) is 0. The van der Waals surface area contributed by atoms with Crippen LogP contribution in [0, 0.1) is 16.7 Å². The number of fused-ring (bicyclic) bond motifs is 2. The monoisotopic (exact) mass is 575 g/mol. The summed E-state index contributed by atoms with van der Waals surface area (Å²) in [6.07, 6.45) is 2.74. The fourth-order valence-electron chi connectivity index (χ4n) is 3.73. The Hall–Kier alpha value is 2.35. The number of hydrogen-bond acceptors (Lipinski definition) is 0. The van der Waals surface area contributed by atoms with Gasteiger partial charge in [-0.15, -0.1) is 0 Å². The van der Waals surface area contributed by atoms with Crippen LogP contribution in [0.1, 0.15) is 33.6 Å². The second kappa shape index (κ2) is 4.68. The molecule has 0 saturated heterocycles. The van der Waals surface area contributed by atoms with Crippen LogP contribution < -0.4 is 11.5 Å². The molecule has 4 unspecified atom stereocenters. The van der Waals surface area contributed by atoms with Gasteiger partial charge in [-0.05, 0) is 18.3 Å². The molecular formula is C10H22Cl6N2Pt. The predicted molar refractivity (Wildman–Crippen MR) is 83.1 cm³/mol. The molecule has 0 aromatic rings. The van der Waals surface area contributed by atoms with Crippen molar-refractivity contribution >= 4 is 56.5 Å². The predicted octanol–water partition coefficient (Wildman–Crippen LogP) is 3.80. The van der Waals surface area contributed by atoms with E-state index in [1.807, 2.05) is 0 Å². The average molecular weight is 578 g/mol. The van der Waals surface area contributed by atoms with Crippen molar-refractivity contribution in [2.24, 2.45) is 16.7 Å². The molecule has 0 aromatic carbocycles. The van der Waals surface area contributed by atoms with Crippen molar-refractivity contribution in [3.05, 3.63) is 0 Å². The number of halogens is 6. The molecule has 6 N–H and O–H groups in total. The van der Waals surface area contributed by atoms with E-state index >= 15 is 0 Å². The van der Waals surface area contributed by atoms with Crippen molar-refractivity contribution in [1.29, 1.82) is 0 Å². The minimum absolute atomic E-state index is 0.462. The van der Waals surface area contributed by atoms with Crippen molar-refractivity contribution in [2.75, 3.05) is 0 Å². The van der Waals surface area contributed by atoms with Gasteiger partial charge in [0.25, 0.3) is 0 Å². The normalized spacial score (nSPS) is 44.1. The standard InChI is InChI=1S/C10H20N2.6ClH.Pt/c1-9(2)6-4-5-10(9,3)8(12)7(6)11;;;;;;;/h6-8H,4-5,11-12H2,1-3H3;6*1H;/q;;;;;;;+4/p-4. The van der Waals surface area contributed by atoms with Gasteiger partial charge in [-0.3, -0.25) is 0 Å². The first-order valence-electron chi connectivity index (χ1n) is 5.79. The van der Waals surface area contributed by atoms with E-state index in [1.54, 1.807) is 0 Å². The topological polar surface area (TPSA) is 55.3 Å². The zero-order valence-electron chi connectivity index (χ0n) is 11.1. The van der Waals surface area contributed by atoms with Crippen LogP contribution in [0.25, 0.3) is 0 Å². The summed E-state index contributed by atoms with van der Waals surface area (Å²) in [5.74, 6) is 0.824. The van der Waals surface area contributed by atoms with E-state index in [9.17, 15) is 0 Å². The van der Waals surface area contributed by atoms with Crippen LogP contribution in [0.3, 0.4) is 0 Å². The Morgan fingerprint density at radius 2 is 1.32 bits per heavy atom. The van der Waals surface area contributed by atoms with Crippen molar-refractivity contribution in [1.82, 2.24) is 0 Å². The Kier molecular flexibility index (Phi) is 4.78. The molecule has 0 heterocycles. The molecule has 2 aliphatic carbocycles. The fourth-order valence-corrected chi connectivity index (χ4v) is 3.73. The van der Waals surface area contributed by atoms with Crippen LogP contribution in [0.4, 0.5) is 0 Å². The molecule has 2 nitrogen and oxygen atoms in total. The molecule has 0 aliphatic heterocycles. The van der Waals surface area contributed by atoms with Crippen LogP contribution >= 0.6 is 56.5 Å². The Morgan fingerprint density at radius 3 is 1.47 bits per heavy atom. The molecule has 2 bridgehead atoms. The van der Waals surface area contributed by atoms with E-state index in [-0.39, 0.29) is 0 Å². The van der Waals surface area contributed by atoms with Gasteiger partial charge in [0.2, 0.25) is 0 Å². The van der Waals surface area contributed by atoms with Gasteiger partial charge in [0.05, 0.1) is 0 Å². The Morgan fingerprint density at radius 1 is 0.947 bits per heavy atom. The summed E-state index contributed by atoms with van der Waals surface area (Å²) in [5, 5.41) is 0. The van der Waals surface area contributed by atoms with Gasteiger partial charge in [-0.25, -0.2) is 0 Å². The van der Waals surface area contributed by atoms with E-state index in [0.29, 0.717) is 22.9 Å². The minimum atomic E-state index is -5.29. The Balaban J connectivity index is 0.000000224. The Bertz CT molecular complexity index is 366. The summed E-state index contributed by atoms with van der Waals surface area (Å²) < 4.78 is 0. The van der Waals surface area contributed by atoms with Crippen molar-refractivity contribution in [3.8, 4) is 0 Å². The first-order valence-corrected chi connectivity index (χ1v) is 22.7. The summed E-state index contributed by atoms with van der Waals surface area (Å²) in [6, 6.07) is 1.17. The zero-order chi connectivity index (χ0) is 15.6. The van der Waals surface area contributed by atoms with E-state index in [4.69, 9.17) is 56.5 Å². The van der Waals surface area contributed by atoms with Crippen molar-refractivity contribution in [2.45, 2.75) is 45.7 Å². The van der Waals surface area contributed by atoms with Gasteiger partial charge in [-0.2, -0.15) is 0 Å². The maximum absolute atomic E-state index is 5.29. The molecule has 9 heteroatoms. The number of quaternary nitrogens is 2. The summed E-state index contributed by atoms with van der Waals surface area (Å²) in [6.45, 7) is 7.23. The third-order valence-electron chi connectivity index (χ3n) is 5.23. The molecule has 2 aliphatic rings. The van der Waals surface area contributed by atoms with Gasteiger partial charge in [0, 0.05) is 11.3 Å². The third-order valence-corrected chi connectivity index (χ3v) is 5.23. The van der Waals surface area contributed by atoms with E-state index < -0.39 is 7.31 Å². The van der Waals surface area contributed by atoms with Gasteiger partial charge < -0.3 is 11.5 Å². The van der Waals surface area contributed by atoms with E-state index in [2.05, 4.69) is 32.2 Å². The van der Waals surface area contributed by atoms with Crippen LogP contribution in [-0.4, -0.2) is 12.1 Å². The molecule has 19 heavy (non-hydrogen) atoms. The van der Waals surface area contributed by atoms with Gasteiger partial charge in [0.15, 0.2) is 0 Å². The zero-order valence-corrected chi connectivity index (χ0v) is 18.0. The molecule has 4 atom stereocenters. The Labute approximate surface area is 136 Å². The van der Waals surface area contributed by atoms with E-state index in [0.717, 1.165) is 5.92 Å². The van der Waals surface area contributed by atoms with Gasteiger partial charge in [0.1, 0.15) is 12.1 Å². The molecule has 0 radical (unpaired) electrons. The SMILES string of the molecule is CC1(C)C2CCC1(C)C([NH3+])C2[NH3+].[Cl][Pt-2]([Cl])([Cl])([Cl])([Cl])[Cl]. The first kappa shape index (κ1) is 19.4. The molecule has 2 fully saturated rings. The summed E-state index contributed by atoms with van der Waals surface area (Å²) in [7, 11) is 25.0. The first-order chi connectivity index (χ1) is 7.86. The molecular weight excluding hydrogens is 556 g/mol. The second-order valence-corrected chi connectivity index (χ2v) is 55.5. The third kappa shape index (κ3) is 4.91. The van der Waals surface area contributed by atoms with Gasteiger partial charge >= 0.3 is 63.8 Å². The number of hydrogen-bond donors (Lipinski definition) is 2. The molecule has 0 spiro atoms. The molecule has 0 amide bonds. The van der Waals surface area contributed by atoms with Crippen molar-refractivity contribution < 1.29 is 18.8 Å². The fraction of sp³-hybridized carbons (Fsp3) is 1.00. The van der Waals surface area contributed by atoms with Crippen LogP contribution in [0.2, 0.25) is 0 Å². The summed E-state index contributed by atoms with van der Waals surface area (Å²) in [5.41, 5.74) is 9.53. The van der Waals surface area contributed by atoms with Crippen molar-refractivity contribution in [3.63, 3.8) is 0 Å². The molecule has 2 saturated carbocycles. The maximum atomic E-state index is 5.05. The number of rotatable bonds is 0. The van der Waals surface area contributed by atoms with E-state index in [1.165, 1.54) is 12.8 Å².